The quantitative estimate of drug-likeness (QED) is 0.595. The first-order valence-electron chi connectivity index (χ1n) is 8.39. The third kappa shape index (κ3) is 4.28. The number of thiophene rings is 1. The van der Waals surface area contributed by atoms with Gasteiger partial charge in [0.1, 0.15) is 6.04 Å². The van der Waals surface area contributed by atoms with Gasteiger partial charge in [0, 0.05) is 11.1 Å². The number of hydrogen-bond donors (Lipinski definition) is 3. The highest BCUT2D eigenvalue weighted by atomic mass is 32.1. The number of primary amides is 1. The van der Waals surface area contributed by atoms with Crippen molar-refractivity contribution >= 4 is 33.2 Å². The lowest BCUT2D eigenvalue weighted by Crippen LogP contribution is -2.51. The topological polar surface area (TPSA) is 98.2 Å². The van der Waals surface area contributed by atoms with Crippen molar-refractivity contribution in [3.8, 4) is 0 Å². The molecule has 26 heavy (non-hydrogen) atoms. The fourth-order valence-electron chi connectivity index (χ4n) is 2.87. The van der Waals surface area contributed by atoms with Gasteiger partial charge >= 0.3 is 0 Å². The van der Waals surface area contributed by atoms with Crippen molar-refractivity contribution in [1.82, 2.24) is 5.32 Å². The van der Waals surface area contributed by atoms with Gasteiger partial charge in [-0.1, -0.05) is 48.5 Å². The van der Waals surface area contributed by atoms with Crippen LogP contribution in [0, 0.1) is 0 Å². The van der Waals surface area contributed by atoms with Gasteiger partial charge in [0.15, 0.2) is 0 Å². The number of amides is 2. The van der Waals surface area contributed by atoms with E-state index in [4.69, 9.17) is 11.5 Å². The van der Waals surface area contributed by atoms with Crippen LogP contribution in [0.25, 0.3) is 10.1 Å². The van der Waals surface area contributed by atoms with Gasteiger partial charge < -0.3 is 16.8 Å². The summed E-state index contributed by atoms with van der Waals surface area (Å²) in [4.78, 5) is 24.2. The van der Waals surface area contributed by atoms with Crippen molar-refractivity contribution in [2.45, 2.75) is 24.9 Å². The number of carbonyl (C=O) groups is 2. The minimum Gasteiger partial charge on any atom is -0.368 e. The van der Waals surface area contributed by atoms with Crippen molar-refractivity contribution in [2.75, 3.05) is 0 Å². The van der Waals surface area contributed by atoms with Crippen LogP contribution < -0.4 is 16.8 Å². The van der Waals surface area contributed by atoms with Crippen LogP contribution in [0.4, 0.5) is 0 Å². The van der Waals surface area contributed by atoms with E-state index in [1.54, 1.807) is 11.3 Å². The van der Waals surface area contributed by atoms with Crippen LogP contribution in [0.15, 0.2) is 60.0 Å². The molecule has 0 saturated carbocycles. The normalized spacial score (nSPS) is 13.3. The lowest BCUT2D eigenvalue weighted by Gasteiger charge is -2.18. The van der Waals surface area contributed by atoms with E-state index in [-0.39, 0.29) is 5.91 Å². The third-order valence-corrected chi connectivity index (χ3v) is 5.29. The first-order chi connectivity index (χ1) is 12.5. The average molecular weight is 367 g/mol. The summed E-state index contributed by atoms with van der Waals surface area (Å²) in [5.41, 5.74) is 13.5. The van der Waals surface area contributed by atoms with Crippen molar-refractivity contribution in [3.05, 3.63) is 71.1 Å². The fraction of sp³-hybridized carbons (Fsp3) is 0.200. The Labute approximate surface area is 156 Å². The van der Waals surface area contributed by atoms with Gasteiger partial charge in [0.05, 0.1) is 6.04 Å². The van der Waals surface area contributed by atoms with E-state index in [1.807, 2.05) is 60.0 Å². The first-order valence-corrected chi connectivity index (χ1v) is 9.27. The number of hydrogen-bond acceptors (Lipinski definition) is 4. The second-order valence-electron chi connectivity index (χ2n) is 6.22. The Morgan fingerprint density at radius 2 is 1.69 bits per heavy atom. The summed E-state index contributed by atoms with van der Waals surface area (Å²) in [6.45, 7) is 0. The number of carbonyl (C=O) groups excluding carboxylic acids is 2. The van der Waals surface area contributed by atoms with E-state index in [9.17, 15) is 9.59 Å². The molecule has 0 unspecified atom stereocenters. The summed E-state index contributed by atoms with van der Waals surface area (Å²) in [7, 11) is 0. The molecule has 6 heteroatoms. The van der Waals surface area contributed by atoms with E-state index in [2.05, 4.69) is 5.32 Å². The monoisotopic (exact) mass is 367 g/mol. The van der Waals surface area contributed by atoms with Crippen LogP contribution in [0.1, 0.15) is 11.1 Å². The highest BCUT2D eigenvalue weighted by Gasteiger charge is 2.23. The Bertz CT molecular complexity index is 908. The minimum atomic E-state index is -0.782. The van der Waals surface area contributed by atoms with Gasteiger partial charge in [0.25, 0.3) is 0 Å². The van der Waals surface area contributed by atoms with Crippen LogP contribution >= 0.6 is 11.3 Å². The molecule has 1 aromatic heterocycles. The standard InChI is InChI=1S/C20H21N3O2S/c21-16(11-14-12-26-18-9-5-4-8-15(14)18)20(25)23-17(19(22)24)10-13-6-2-1-3-7-13/h1-9,12,16-17H,10-11,21H2,(H2,22,24)(H,23,25)/t16-,17-/m0/s1. The predicted molar refractivity (Wildman–Crippen MR) is 105 cm³/mol. The summed E-state index contributed by atoms with van der Waals surface area (Å²) >= 11 is 1.63. The van der Waals surface area contributed by atoms with Gasteiger partial charge in [0.2, 0.25) is 11.8 Å². The molecular formula is C20H21N3O2S. The maximum Gasteiger partial charge on any atom is 0.240 e. The second kappa shape index (κ2) is 8.12. The van der Waals surface area contributed by atoms with Gasteiger partial charge in [-0.25, -0.2) is 0 Å². The summed E-state index contributed by atoms with van der Waals surface area (Å²) < 4.78 is 1.16. The molecule has 5 N–H and O–H groups in total. The van der Waals surface area contributed by atoms with E-state index < -0.39 is 18.0 Å². The molecule has 0 saturated heterocycles. The van der Waals surface area contributed by atoms with Crippen molar-refractivity contribution in [1.29, 1.82) is 0 Å². The molecular weight excluding hydrogens is 346 g/mol. The lowest BCUT2D eigenvalue weighted by atomic mass is 10.0. The predicted octanol–water partition coefficient (Wildman–Crippen LogP) is 1.98. The summed E-state index contributed by atoms with van der Waals surface area (Å²) in [6.07, 6.45) is 0.753. The van der Waals surface area contributed by atoms with Gasteiger partial charge in [-0.3, -0.25) is 9.59 Å². The van der Waals surface area contributed by atoms with E-state index in [0.717, 1.165) is 21.2 Å². The molecule has 134 valence electrons. The molecule has 5 nitrogen and oxygen atoms in total. The summed E-state index contributed by atoms with van der Waals surface area (Å²) in [6, 6.07) is 15.9. The van der Waals surface area contributed by atoms with E-state index in [1.165, 1.54) is 0 Å². The average Bonchev–Trinajstić information content (AvgIpc) is 3.05. The van der Waals surface area contributed by atoms with E-state index in [0.29, 0.717) is 12.8 Å². The molecule has 2 amide bonds. The Morgan fingerprint density at radius 3 is 2.42 bits per heavy atom. The highest BCUT2D eigenvalue weighted by Crippen LogP contribution is 2.26. The molecule has 3 rings (SSSR count). The largest absolute Gasteiger partial charge is 0.368 e. The molecule has 0 fully saturated rings. The number of rotatable bonds is 7. The van der Waals surface area contributed by atoms with E-state index >= 15 is 0 Å². The fourth-order valence-corrected chi connectivity index (χ4v) is 3.85. The summed E-state index contributed by atoms with van der Waals surface area (Å²) in [5, 5.41) is 5.82. The van der Waals surface area contributed by atoms with Gasteiger partial charge in [-0.05, 0) is 34.4 Å². The Kier molecular flexibility index (Phi) is 5.65. The van der Waals surface area contributed by atoms with Crippen LogP contribution in [0.5, 0.6) is 0 Å². The number of benzene rings is 2. The van der Waals surface area contributed by atoms with Crippen molar-refractivity contribution in [3.63, 3.8) is 0 Å². The van der Waals surface area contributed by atoms with Gasteiger partial charge in [-0.2, -0.15) is 0 Å². The second-order valence-corrected chi connectivity index (χ2v) is 7.13. The van der Waals surface area contributed by atoms with Crippen molar-refractivity contribution in [2.24, 2.45) is 11.5 Å². The Morgan fingerprint density at radius 1 is 1.00 bits per heavy atom. The maximum atomic E-state index is 12.5. The number of fused-ring (bicyclic) bond motifs is 1. The molecule has 2 atom stereocenters. The smallest absolute Gasteiger partial charge is 0.240 e. The zero-order valence-electron chi connectivity index (χ0n) is 14.2. The zero-order chi connectivity index (χ0) is 18.5. The Balaban J connectivity index is 1.66. The molecule has 0 aliphatic carbocycles. The zero-order valence-corrected chi connectivity index (χ0v) is 15.0. The third-order valence-electron chi connectivity index (χ3n) is 4.28. The lowest BCUT2D eigenvalue weighted by molar-refractivity contribution is -0.128. The van der Waals surface area contributed by atoms with Crippen LogP contribution in [-0.2, 0) is 22.4 Å². The molecule has 0 radical (unpaired) electrons. The number of nitrogens with two attached hydrogens (primary N) is 2. The Hall–Kier alpha value is -2.70. The molecule has 0 bridgehead atoms. The SMILES string of the molecule is NC(=O)[C@H](Cc1ccccc1)NC(=O)[C@@H](N)Cc1csc2ccccc12. The number of nitrogens with one attached hydrogen (secondary N) is 1. The van der Waals surface area contributed by atoms with Crippen LogP contribution in [0.2, 0.25) is 0 Å². The maximum absolute atomic E-state index is 12.5. The minimum absolute atomic E-state index is 0.343. The first kappa shape index (κ1) is 18.1. The van der Waals surface area contributed by atoms with Crippen LogP contribution in [-0.4, -0.2) is 23.9 Å². The van der Waals surface area contributed by atoms with Gasteiger partial charge in [-0.15, -0.1) is 11.3 Å². The molecule has 0 aliphatic rings. The molecule has 2 aromatic carbocycles. The molecule has 0 spiro atoms. The molecule has 1 heterocycles. The molecule has 0 aliphatic heterocycles. The highest BCUT2D eigenvalue weighted by molar-refractivity contribution is 7.17. The van der Waals surface area contributed by atoms with Crippen molar-refractivity contribution < 1.29 is 9.59 Å². The molecule has 3 aromatic rings. The summed E-state index contributed by atoms with van der Waals surface area (Å²) in [5.74, 6) is -0.949. The van der Waals surface area contributed by atoms with Crippen LogP contribution in [0.3, 0.4) is 0 Å².